The number of hydrogen-bond acceptors (Lipinski definition) is 5. The van der Waals surface area contributed by atoms with Crippen molar-refractivity contribution in [1.29, 1.82) is 0 Å². The van der Waals surface area contributed by atoms with Crippen molar-refractivity contribution in [3.05, 3.63) is 59.7 Å². The lowest BCUT2D eigenvalue weighted by Crippen LogP contribution is -2.41. The van der Waals surface area contributed by atoms with E-state index in [2.05, 4.69) is 0 Å². The molecule has 1 atom stereocenters. The van der Waals surface area contributed by atoms with E-state index in [9.17, 15) is 9.59 Å². The Labute approximate surface area is 195 Å². The standard InChI is InChI=1S/C26H31N3O4/c1-28(26(31)19-8-4-5-9-19)17-25(30)29-23(21-10-6-7-11-24(21)33-3)16-22(27-29)18-12-14-20(32-2)15-13-18/h6-7,10-15,19,23H,4-5,8-9,16-17H2,1-3H3/t23-/m0/s1. The molecule has 0 aromatic heterocycles. The van der Waals surface area contributed by atoms with Gasteiger partial charge in [-0.1, -0.05) is 31.0 Å². The molecule has 0 saturated heterocycles. The highest BCUT2D eigenvalue weighted by Crippen LogP contribution is 2.37. The van der Waals surface area contributed by atoms with Crippen molar-refractivity contribution < 1.29 is 19.1 Å². The lowest BCUT2D eigenvalue weighted by Gasteiger charge is -2.26. The van der Waals surface area contributed by atoms with Crippen LogP contribution < -0.4 is 9.47 Å². The van der Waals surface area contributed by atoms with Gasteiger partial charge in [-0.15, -0.1) is 0 Å². The summed E-state index contributed by atoms with van der Waals surface area (Å²) in [5, 5.41) is 6.25. The van der Waals surface area contributed by atoms with Crippen LogP contribution in [0.15, 0.2) is 53.6 Å². The molecule has 1 saturated carbocycles. The van der Waals surface area contributed by atoms with Crippen molar-refractivity contribution in [2.75, 3.05) is 27.8 Å². The molecular formula is C26H31N3O4. The van der Waals surface area contributed by atoms with Crippen LogP contribution in [0.4, 0.5) is 0 Å². The summed E-state index contributed by atoms with van der Waals surface area (Å²) in [7, 11) is 4.96. The quantitative estimate of drug-likeness (QED) is 0.640. The van der Waals surface area contributed by atoms with Crippen molar-refractivity contribution in [1.82, 2.24) is 9.91 Å². The molecule has 4 rings (SSSR count). The van der Waals surface area contributed by atoms with Crippen LogP contribution in [0.3, 0.4) is 0 Å². The van der Waals surface area contributed by atoms with Crippen LogP contribution in [0, 0.1) is 5.92 Å². The summed E-state index contributed by atoms with van der Waals surface area (Å²) in [4.78, 5) is 27.7. The molecule has 1 fully saturated rings. The Morgan fingerprint density at radius 3 is 2.39 bits per heavy atom. The molecule has 0 unspecified atom stereocenters. The average Bonchev–Trinajstić information content (AvgIpc) is 3.54. The van der Waals surface area contributed by atoms with E-state index in [-0.39, 0.29) is 30.3 Å². The fraction of sp³-hybridized carbons (Fsp3) is 0.423. The zero-order valence-electron chi connectivity index (χ0n) is 19.5. The summed E-state index contributed by atoms with van der Waals surface area (Å²) in [6, 6.07) is 15.0. The summed E-state index contributed by atoms with van der Waals surface area (Å²) in [5.74, 6) is 1.35. The van der Waals surface area contributed by atoms with Crippen molar-refractivity contribution in [3.8, 4) is 11.5 Å². The molecule has 7 heteroatoms. The van der Waals surface area contributed by atoms with Gasteiger partial charge in [0.25, 0.3) is 5.91 Å². The predicted octanol–water partition coefficient (Wildman–Crippen LogP) is 4.03. The van der Waals surface area contributed by atoms with Crippen molar-refractivity contribution >= 4 is 17.5 Å². The summed E-state index contributed by atoms with van der Waals surface area (Å²) in [6.45, 7) is 0.000372. The van der Waals surface area contributed by atoms with E-state index in [1.807, 2.05) is 48.5 Å². The maximum absolute atomic E-state index is 13.4. The topological polar surface area (TPSA) is 71.4 Å². The van der Waals surface area contributed by atoms with Crippen molar-refractivity contribution in [2.24, 2.45) is 11.0 Å². The molecule has 1 aliphatic carbocycles. The van der Waals surface area contributed by atoms with Crippen LogP contribution in [-0.2, 0) is 9.59 Å². The second-order valence-electron chi connectivity index (χ2n) is 8.65. The minimum Gasteiger partial charge on any atom is -0.497 e. The third-order valence-electron chi connectivity index (χ3n) is 6.54. The molecule has 33 heavy (non-hydrogen) atoms. The molecule has 0 radical (unpaired) electrons. The number of likely N-dealkylation sites (N-methyl/N-ethyl adjacent to an activating group) is 1. The number of methoxy groups -OCH3 is 2. The van der Waals surface area contributed by atoms with Gasteiger partial charge < -0.3 is 14.4 Å². The fourth-order valence-electron chi connectivity index (χ4n) is 4.72. The molecule has 2 aliphatic rings. The summed E-state index contributed by atoms with van der Waals surface area (Å²) < 4.78 is 10.8. The maximum atomic E-state index is 13.4. The number of hydrazone groups is 1. The fourth-order valence-corrected chi connectivity index (χ4v) is 4.72. The van der Waals surface area contributed by atoms with Crippen LogP contribution in [0.5, 0.6) is 11.5 Å². The Morgan fingerprint density at radius 2 is 1.73 bits per heavy atom. The van der Waals surface area contributed by atoms with Gasteiger partial charge in [-0.2, -0.15) is 5.10 Å². The van der Waals surface area contributed by atoms with Gasteiger partial charge in [0.15, 0.2) is 0 Å². The molecule has 174 valence electrons. The van der Waals surface area contributed by atoms with Gasteiger partial charge in [-0.25, -0.2) is 5.01 Å². The van der Waals surface area contributed by atoms with Crippen LogP contribution in [0.2, 0.25) is 0 Å². The van der Waals surface area contributed by atoms with Gasteiger partial charge in [0, 0.05) is 24.9 Å². The van der Waals surface area contributed by atoms with Crippen molar-refractivity contribution in [3.63, 3.8) is 0 Å². The third kappa shape index (κ3) is 4.87. The van der Waals surface area contributed by atoms with Gasteiger partial charge in [0.05, 0.1) is 26.0 Å². The number of nitrogens with zero attached hydrogens (tertiary/aromatic N) is 3. The molecule has 0 bridgehead atoms. The molecule has 7 nitrogen and oxygen atoms in total. The summed E-state index contributed by atoms with van der Waals surface area (Å²) in [6.07, 6.45) is 4.53. The number of carbonyl (C=O) groups is 2. The number of hydrogen-bond donors (Lipinski definition) is 0. The number of rotatable bonds is 7. The zero-order valence-corrected chi connectivity index (χ0v) is 19.5. The molecule has 0 spiro atoms. The highest BCUT2D eigenvalue weighted by molar-refractivity contribution is 6.03. The number of carbonyl (C=O) groups excluding carboxylic acids is 2. The van der Waals surface area contributed by atoms with Gasteiger partial charge in [-0.05, 0) is 48.7 Å². The highest BCUT2D eigenvalue weighted by Gasteiger charge is 2.36. The van der Waals surface area contributed by atoms with E-state index in [0.717, 1.165) is 48.3 Å². The van der Waals surface area contributed by atoms with Crippen molar-refractivity contribution in [2.45, 2.75) is 38.1 Å². The second-order valence-corrected chi connectivity index (χ2v) is 8.65. The van der Waals surface area contributed by atoms with E-state index < -0.39 is 0 Å². The van der Waals surface area contributed by atoms with E-state index in [0.29, 0.717) is 12.2 Å². The SMILES string of the molecule is COc1ccc(C2=NN(C(=O)CN(C)C(=O)C3CCCC3)[C@H](c3ccccc3OC)C2)cc1. The van der Waals surface area contributed by atoms with Crippen LogP contribution in [-0.4, -0.2) is 55.2 Å². The molecule has 2 aromatic rings. The van der Waals surface area contributed by atoms with Gasteiger partial charge in [0.1, 0.15) is 18.0 Å². The van der Waals surface area contributed by atoms with Gasteiger partial charge in [-0.3, -0.25) is 9.59 Å². The Hall–Kier alpha value is -3.35. The average molecular weight is 450 g/mol. The number of amides is 2. The molecular weight excluding hydrogens is 418 g/mol. The third-order valence-corrected chi connectivity index (χ3v) is 6.54. The van der Waals surface area contributed by atoms with Crippen LogP contribution >= 0.6 is 0 Å². The first kappa shape index (κ1) is 22.8. The molecule has 2 aromatic carbocycles. The summed E-state index contributed by atoms with van der Waals surface area (Å²) in [5.41, 5.74) is 2.64. The lowest BCUT2D eigenvalue weighted by atomic mass is 9.97. The monoisotopic (exact) mass is 449 g/mol. The van der Waals surface area contributed by atoms with Crippen LogP contribution in [0.25, 0.3) is 0 Å². The first-order valence-corrected chi connectivity index (χ1v) is 11.4. The molecule has 2 amide bonds. The molecule has 0 N–H and O–H groups in total. The van der Waals surface area contributed by atoms with Crippen LogP contribution in [0.1, 0.15) is 49.3 Å². The largest absolute Gasteiger partial charge is 0.497 e. The Morgan fingerprint density at radius 1 is 1.03 bits per heavy atom. The first-order valence-electron chi connectivity index (χ1n) is 11.4. The number of para-hydroxylation sites is 1. The Bertz CT molecular complexity index is 1030. The van der Waals surface area contributed by atoms with E-state index in [1.54, 1.807) is 26.2 Å². The number of ether oxygens (including phenoxy) is 2. The van der Waals surface area contributed by atoms with E-state index in [4.69, 9.17) is 14.6 Å². The van der Waals surface area contributed by atoms with E-state index in [1.165, 1.54) is 5.01 Å². The first-order chi connectivity index (χ1) is 16.0. The Balaban J connectivity index is 1.60. The number of benzene rings is 2. The van der Waals surface area contributed by atoms with Gasteiger partial charge >= 0.3 is 0 Å². The highest BCUT2D eigenvalue weighted by atomic mass is 16.5. The smallest absolute Gasteiger partial charge is 0.262 e. The summed E-state index contributed by atoms with van der Waals surface area (Å²) >= 11 is 0. The molecule has 1 aliphatic heterocycles. The zero-order chi connectivity index (χ0) is 23.4. The predicted molar refractivity (Wildman–Crippen MR) is 126 cm³/mol. The Kier molecular flexibility index (Phi) is 6.96. The molecule has 1 heterocycles. The maximum Gasteiger partial charge on any atom is 0.262 e. The van der Waals surface area contributed by atoms with E-state index >= 15 is 0 Å². The minimum absolute atomic E-state index is 0.000372. The minimum atomic E-state index is -0.305. The normalized spacial score (nSPS) is 18.2. The second kappa shape index (κ2) is 10.1. The lowest BCUT2D eigenvalue weighted by molar-refractivity contribution is -0.142. The van der Waals surface area contributed by atoms with Gasteiger partial charge in [0.2, 0.25) is 5.91 Å².